The largest absolute Gasteiger partial charge is 0.486 e. The van der Waals surface area contributed by atoms with E-state index >= 15 is 0 Å². The molecule has 0 aliphatic carbocycles. The molecule has 3 nitrogen and oxygen atoms in total. The molecule has 0 saturated carbocycles. The topological polar surface area (TPSA) is 33.3 Å². The molecule has 1 aliphatic rings. The smallest absolute Gasteiger partial charge is 0.142 e. The Balaban J connectivity index is 1.87. The lowest BCUT2D eigenvalue weighted by Gasteiger charge is -2.27. The summed E-state index contributed by atoms with van der Waals surface area (Å²) in [6, 6.07) is 6.50. The van der Waals surface area contributed by atoms with E-state index in [4.69, 9.17) is 4.74 Å². The Morgan fingerprint density at radius 2 is 2.26 bits per heavy atom. The Bertz CT molecular complexity index is 404. The molecule has 1 unspecified atom stereocenters. The quantitative estimate of drug-likeness (QED) is 0.773. The maximum atomic E-state index is 5.92. The molecule has 0 aromatic heterocycles. The number of ether oxygens (including phenoxy) is 1. The van der Waals surface area contributed by atoms with Crippen LogP contribution in [-0.4, -0.2) is 25.7 Å². The van der Waals surface area contributed by atoms with E-state index in [0.717, 1.165) is 43.9 Å². The second-order valence-electron chi connectivity index (χ2n) is 5.71. The Labute approximate surface area is 116 Å². The standard InChI is InChI=1S/C16H26N2O/c1-4-14-11-18-15-9-13(5-6-16(15)19-14)7-8-17-10-12(2)3/h5-6,9,12,14,17-18H,4,7-8,10-11H2,1-3H3. The van der Waals surface area contributed by atoms with Crippen molar-refractivity contribution in [2.45, 2.75) is 39.7 Å². The van der Waals surface area contributed by atoms with Crippen molar-refractivity contribution in [3.05, 3.63) is 23.8 Å². The van der Waals surface area contributed by atoms with E-state index in [1.54, 1.807) is 0 Å². The van der Waals surface area contributed by atoms with Crippen molar-refractivity contribution in [3.63, 3.8) is 0 Å². The molecule has 19 heavy (non-hydrogen) atoms. The molecule has 1 atom stereocenters. The third-order valence-electron chi connectivity index (χ3n) is 3.46. The average molecular weight is 262 g/mol. The third kappa shape index (κ3) is 4.13. The normalized spacial score (nSPS) is 17.8. The molecule has 2 rings (SSSR count). The van der Waals surface area contributed by atoms with Gasteiger partial charge in [-0.1, -0.05) is 26.8 Å². The Morgan fingerprint density at radius 1 is 1.42 bits per heavy atom. The fraction of sp³-hybridized carbons (Fsp3) is 0.625. The first-order chi connectivity index (χ1) is 9.19. The number of fused-ring (bicyclic) bond motifs is 1. The average Bonchev–Trinajstić information content (AvgIpc) is 2.42. The molecule has 1 heterocycles. The van der Waals surface area contributed by atoms with Crippen molar-refractivity contribution >= 4 is 5.69 Å². The van der Waals surface area contributed by atoms with Gasteiger partial charge in [0.05, 0.1) is 12.2 Å². The fourth-order valence-corrected chi connectivity index (χ4v) is 2.27. The van der Waals surface area contributed by atoms with Crippen molar-refractivity contribution in [2.24, 2.45) is 5.92 Å². The maximum Gasteiger partial charge on any atom is 0.142 e. The first-order valence-electron chi connectivity index (χ1n) is 7.43. The predicted molar refractivity (Wildman–Crippen MR) is 81.1 cm³/mol. The summed E-state index contributed by atoms with van der Waals surface area (Å²) in [6.45, 7) is 9.67. The van der Waals surface area contributed by atoms with Crippen LogP contribution in [0.3, 0.4) is 0 Å². The SMILES string of the molecule is CCC1CNc2cc(CCNCC(C)C)ccc2O1. The molecular formula is C16H26N2O. The summed E-state index contributed by atoms with van der Waals surface area (Å²) >= 11 is 0. The summed E-state index contributed by atoms with van der Waals surface area (Å²) in [7, 11) is 0. The minimum atomic E-state index is 0.311. The van der Waals surface area contributed by atoms with Gasteiger partial charge in [0.15, 0.2) is 0 Å². The van der Waals surface area contributed by atoms with Gasteiger partial charge in [-0.15, -0.1) is 0 Å². The molecule has 106 valence electrons. The fourth-order valence-electron chi connectivity index (χ4n) is 2.27. The molecule has 3 heteroatoms. The second kappa shape index (κ2) is 6.80. The van der Waals surface area contributed by atoms with Crippen LogP contribution in [0.1, 0.15) is 32.8 Å². The first-order valence-corrected chi connectivity index (χ1v) is 7.43. The summed E-state index contributed by atoms with van der Waals surface area (Å²) in [5, 5.41) is 6.95. The summed E-state index contributed by atoms with van der Waals surface area (Å²) in [5.41, 5.74) is 2.51. The number of anilines is 1. The van der Waals surface area contributed by atoms with Crippen LogP contribution in [0.5, 0.6) is 5.75 Å². The van der Waals surface area contributed by atoms with Crippen LogP contribution in [-0.2, 0) is 6.42 Å². The number of benzene rings is 1. The highest BCUT2D eigenvalue weighted by atomic mass is 16.5. The molecule has 1 aliphatic heterocycles. The summed E-state index contributed by atoms with van der Waals surface area (Å²) < 4.78 is 5.92. The van der Waals surface area contributed by atoms with Gasteiger partial charge in [-0.2, -0.15) is 0 Å². The number of rotatable bonds is 6. The highest BCUT2D eigenvalue weighted by Crippen LogP contribution is 2.30. The lowest BCUT2D eigenvalue weighted by atomic mass is 10.1. The molecule has 1 aromatic carbocycles. The van der Waals surface area contributed by atoms with Crippen molar-refractivity contribution < 1.29 is 4.74 Å². The van der Waals surface area contributed by atoms with Crippen molar-refractivity contribution in [2.75, 3.05) is 25.0 Å². The Kier molecular flexibility index (Phi) is 5.08. The molecule has 0 saturated heterocycles. The molecule has 2 N–H and O–H groups in total. The van der Waals surface area contributed by atoms with Gasteiger partial charge in [-0.25, -0.2) is 0 Å². The zero-order chi connectivity index (χ0) is 13.7. The van der Waals surface area contributed by atoms with Gasteiger partial charge in [-0.3, -0.25) is 0 Å². The first kappa shape index (κ1) is 14.2. The second-order valence-corrected chi connectivity index (χ2v) is 5.71. The van der Waals surface area contributed by atoms with Crippen molar-refractivity contribution in [1.29, 1.82) is 0 Å². The Morgan fingerprint density at radius 3 is 3.00 bits per heavy atom. The zero-order valence-electron chi connectivity index (χ0n) is 12.3. The summed E-state index contributed by atoms with van der Waals surface area (Å²) in [5.74, 6) is 1.71. The molecule has 0 bridgehead atoms. The lowest BCUT2D eigenvalue weighted by molar-refractivity contribution is 0.202. The highest BCUT2D eigenvalue weighted by Gasteiger charge is 2.17. The van der Waals surface area contributed by atoms with Gasteiger partial charge in [0.25, 0.3) is 0 Å². The number of nitrogens with one attached hydrogen (secondary N) is 2. The van der Waals surface area contributed by atoms with Crippen LogP contribution in [0, 0.1) is 5.92 Å². The van der Waals surface area contributed by atoms with E-state index in [-0.39, 0.29) is 0 Å². The maximum absolute atomic E-state index is 5.92. The lowest BCUT2D eigenvalue weighted by Crippen LogP contribution is -2.30. The van der Waals surface area contributed by atoms with E-state index < -0.39 is 0 Å². The minimum absolute atomic E-state index is 0.311. The minimum Gasteiger partial charge on any atom is -0.486 e. The van der Waals surface area contributed by atoms with E-state index in [1.807, 2.05) is 0 Å². The highest BCUT2D eigenvalue weighted by molar-refractivity contribution is 5.59. The molecule has 0 spiro atoms. The van der Waals surface area contributed by atoms with Crippen LogP contribution in [0.25, 0.3) is 0 Å². The zero-order valence-corrected chi connectivity index (χ0v) is 12.3. The van der Waals surface area contributed by atoms with Crippen molar-refractivity contribution in [3.8, 4) is 5.75 Å². The monoisotopic (exact) mass is 262 g/mol. The van der Waals surface area contributed by atoms with Crippen LogP contribution >= 0.6 is 0 Å². The molecule has 0 fully saturated rings. The van der Waals surface area contributed by atoms with Gasteiger partial charge in [0.2, 0.25) is 0 Å². The van der Waals surface area contributed by atoms with E-state index in [9.17, 15) is 0 Å². The molecular weight excluding hydrogens is 236 g/mol. The van der Waals surface area contributed by atoms with Gasteiger partial charge in [0, 0.05) is 0 Å². The van der Waals surface area contributed by atoms with Gasteiger partial charge in [0.1, 0.15) is 11.9 Å². The van der Waals surface area contributed by atoms with Crippen LogP contribution in [0.2, 0.25) is 0 Å². The Hall–Kier alpha value is -1.22. The molecule has 0 amide bonds. The van der Waals surface area contributed by atoms with Gasteiger partial charge >= 0.3 is 0 Å². The molecule has 0 radical (unpaired) electrons. The van der Waals surface area contributed by atoms with Crippen LogP contribution < -0.4 is 15.4 Å². The van der Waals surface area contributed by atoms with E-state index in [1.165, 1.54) is 5.56 Å². The summed E-state index contributed by atoms with van der Waals surface area (Å²) in [4.78, 5) is 0. The van der Waals surface area contributed by atoms with Gasteiger partial charge < -0.3 is 15.4 Å². The third-order valence-corrected chi connectivity index (χ3v) is 3.46. The summed E-state index contributed by atoms with van der Waals surface area (Å²) in [6.07, 6.45) is 2.43. The van der Waals surface area contributed by atoms with Gasteiger partial charge in [-0.05, 0) is 49.5 Å². The van der Waals surface area contributed by atoms with Crippen molar-refractivity contribution in [1.82, 2.24) is 5.32 Å². The van der Waals surface area contributed by atoms with E-state index in [2.05, 4.69) is 49.6 Å². The molecule has 1 aromatic rings. The van der Waals surface area contributed by atoms with Crippen LogP contribution in [0.15, 0.2) is 18.2 Å². The van der Waals surface area contributed by atoms with E-state index in [0.29, 0.717) is 12.0 Å². The number of hydrogen-bond acceptors (Lipinski definition) is 3. The predicted octanol–water partition coefficient (Wildman–Crippen LogP) is 3.06. The van der Waals surface area contributed by atoms with Crippen LogP contribution in [0.4, 0.5) is 5.69 Å². The number of hydrogen-bond donors (Lipinski definition) is 2.